The molecule has 0 bridgehead atoms. The summed E-state index contributed by atoms with van der Waals surface area (Å²) in [5.74, 6) is -0.741. The molecule has 0 radical (unpaired) electrons. The smallest absolute Gasteiger partial charge is 0.303 e. The monoisotopic (exact) mass is 235 g/mol. The highest BCUT2D eigenvalue weighted by Gasteiger charge is 2.12. The molecular formula is C14H21NO2. The van der Waals surface area contributed by atoms with Crippen LogP contribution in [0.5, 0.6) is 0 Å². The van der Waals surface area contributed by atoms with Crippen molar-refractivity contribution in [2.45, 2.75) is 39.0 Å². The second kappa shape index (κ2) is 5.71. The predicted octanol–water partition coefficient (Wildman–Crippen LogP) is 3.26. The maximum Gasteiger partial charge on any atom is 0.303 e. The fraction of sp³-hybridized carbons (Fsp3) is 0.500. The Kier molecular flexibility index (Phi) is 4.55. The summed E-state index contributed by atoms with van der Waals surface area (Å²) in [6, 6.07) is 8.31. The number of nitrogens with one attached hydrogen (secondary N) is 1. The van der Waals surface area contributed by atoms with Crippen molar-refractivity contribution in [3.63, 3.8) is 0 Å². The van der Waals surface area contributed by atoms with E-state index in [1.165, 1.54) is 5.56 Å². The number of carboxylic acids is 1. The van der Waals surface area contributed by atoms with Crippen LogP contribution in [0.4, 0.5) is 5.69 Å². The normalized spacial score (nSPS) is 11.2. The zero-order valence-electron chi connectivity index (χ0n) is 10.8. The van der Waals surface area contributed by atoms with Crippen molar-refractivity contribution < 1.29 is 9.90 Å². The third-order valence-corrected chi connectivity index (χ3v) is 2.65. The molecule has 1 aromatic carbocycles. The predicted molar refractivity (Wildman–Crippen MR) is 70.5 cm³/mol. The van der Waals surface area contributed by atoms with Gasteiger partial charge in [-0.05, 0) is 29.5 Å². The molecule has 17 heavy (non-hydrogen) atoms. The quantitative estimate of drug-likeness (QED) is 0.770. The van der Waals surface area contributed by atoms with Gasteiger partial charge in [0, 0.05) is 18.7 Å². The Morgan fingerprint density at radius 1 is 1.24 bits per heavy atom. The highest BCUT2D eigenvalue weighted by Crippen LogP contribution is 2.23. The number of hydrogen-bond donors (Lipinski definition) is 2. The number of anilines is 1. The van der Waals surface area contributed by atoms with Crippen molar-refractivity contribution in [2.75, 3.05) is 11.9 Å². The first-order chi connectivity index (χ1) is 7.89. The van der Waals surface area contributed by atoms with E-state index in [4.69, 9.17) is 5.11 Å². The summed E-state index contributed by atoms with van der Waals surface area (Å²) in [5.41, 5.74) is 2.51. The molecule has 3 heteroatoms. The van der Waals surface area contributed by atoms with Crippen LogP contribution in [-0.2, 0) is 10.2 Å². The van der Waals surface area contributed by atoms with Crippen LogP contribution in [0.3, 0.4) is 0 Å². The van der Waals surface area contributed by atoms with Crippen LogP contribution < -0.4 is 5.32 Å². The summed E-state index contributed by atoms with van der Waals surface area (Å²) in [4.78, 5) is 10.3. The highest BCUT2D eigenvalue weighted by atomic mass is 16.4. The average molecular weight is 235 g/mol. The largest absolute Gasteiger partial charge is 0.481 e. The van der Waals surface area contributed by atoms with Crippen LogP contribution in [0.25, 0.3) is 0 Å². The van der Waals surface area contributed by atoms with E-state index in [0.29, 0.717) is 13.0 Å². The maximum absolute atomic E-state index is 10.3. The summed E-state index contributed by atoms with van der Waals surface area (Å²) in [6.45, 7) is 7.24. The molecule has 0 aliphatic carbocycles. The summed E-state index contributed by atoms with van der Waals surface area (Å²) in [5, 5.41) is 11.7. The Morgan fingerprint density at radius 3 is 2.29 bits per heavy atom. The fourth-order valence-corrected chi connectivity index (χ4v) is 1.56. The van der Waals surface area contributed by atoms with Crippen LogP contribution >= 0.6 is 0 Å². The van der Waals surface area contributed by atoms with E-state index < -0.39 is 5.97 Å². The molecule has 0 aliphatic heterocycles. The molecule has 0 aliphatic rings. The fourth-order valence-electron chi connectivity index (χ4n) is 1.56. The molecule has 0 aromatic heterocycles. The summed E-state index contributed by atoms with van der Waals surface area (Å²) in [7, 11) is 0. The first kappa shape index (κ1) is 13.6. The molecule has 0 heterocycles. The van der Waals surface area contributed by atoms with Gasteiger partial charge in [0.05, 0.1) is 0 Å². The van der Waals surface area contributed by atoms with Gasteiger partial charge in [-0.25, -0.2) is 0 Å². The standard InChI is InChI=1S/C14H21NO2/c1-14(2,3)11-6-8-12(9-7-11)15-10-4-5-13(16)17/h6-9,15H,4-5,10H2,1-3H3,(H,16,17). The number of aliphatic carboxylic acids is 1. The molecule has 2 N–H and O–H groups in total. The van der Waals surface area contributed by atoms with Crippen LogP contribution in [-0.4, -0.2) is 17.6 Å². The molecule has 0 fully saturated rings. The first-order valence-electron chi connectivity index (χ1n) is 5.96. The van der Waals surface area contributed by atoms with E-state index in [1.54, 1.807) is 0 Å². The number of benzene rings is 1. The molecule has 0 saturated carbocycles. The maximum atomic E-state index is 10.3. The number of hydrogen-bond acceptors (Lipinski definition) is 2. The lowest BCUT2D eigenvalue weighted by Gasteiger charge is -2.19. The minimum absolute atomic E-state index is 0.168. The van der Waals surface area contributed by atoms with Gasteiger partial charge in [-0.3, -0.25) is 4.79 Å². The number of carboxylic acid groups (broad SMARTS) is 1. The second-order valence-electron chi connectivity index (χ2n) is 5.25. The Balaban J connectivity index is 2.43. The minimum atomic E-state index is -0.741. The lowest BCUT2D eigenvalue weighted by atomic mass is 9.87. The molecule has 0 unspecified atom stereocenters. The van der Waals surface area contributed by atoms with Crippen LogP contribution in [0.2, 0.25) is 0 Å². The Morgan fingerprint density at radius 2 is 1.82 bits per heavy atom. The van der Waals surface area contributed by atoms with Crippen LogP contribution in [0.1, 0.15) is 39.2 Å². The molecule has 0 saturated heterocycles. The number of carbonyl (C=O) groups is 1. The zero-order valence-corrected chi connectivity index (χ0v) is 10.8. The van der Waals surface area contributed by atoms with Crippen LogP contribution in [0.15, 0.2) is 24.3 Å². The van der Waals surface area contributed by atoms with E-state index in [2.05, 4.69) is 38.2 Å². The van der Waals surface area contributed by atoms with E-state index >= 15 is 0 Å². The molecule has 94 valence electrons. The van der Waals surface area contributed by atoms with Gasteiger partial charge in [0.25, 0.3) is 0 Å². The van der Waals surface area contributed by atoms with Crippen molar-refractivity contribution in [2.24, 2.45) is 0 Å². The van der Waals surface area contributed by atoms with Gasteiger partial charge in [-0.2, -0.15) is 0 Å². The van der Waals surface area contributed by atoms with Gasteiger partial charge in [0.15, 0.2) is 0 Å². The van der Waals surface area contributed by atoms with Crippen molar-refractivity contribution in [3.05, 3.63) is 29.8 Å². The molecule has 1 rings (SSSR count). The van der Waals surface area contributed by atoms with E-state index in [9.17, 15) is 4.79 Å². The molecule has 3 nitrogen and oxygen atoms in total. The molecule has 0 amide bonds. The minimum Gasteiger partial charge on any atom is -0.481 e. The average Bonchev–Trinajstić information content (AvgIpc) is 2.23. The second-order valence-corrected chi connectivity index (χ2v) is 5.25. The van der Waals surface area contributed by atoms with Gasteiger partial charge < -0.3 is 10.4 Å². The number of rotatable bonds is 5. The van der Waals surface area contributed by atoms with Gasteiger partial charge in [-0.1, -0.05) is 32.9 Å². The Hall–Kier alpha value is -1.51. The Labute approximate surface area is 103 Å². The highest BCUT2D eigenvalue weighted by molar-refractivity contribution is 5.66. The molecular weight excluding hydrogens is 214 g/mol. The van der Waals surface area contributed by atoms with Crippen molar-refractivity contribution in [3.8, 4) is 0 Å². The first-order valence-corrected chi connectivity index (χ1v) is 5.96. The van der Waals surface area contributed by atoms with Gasteiger partial charge >= 0.3 is 5.97 Å². The lowest BCUT2D eigenvalue weighted by molar-refractivity contribution is -0.137. The van der Waals surface area contributed by atoms with E-state index in [0.717, 1.165) is 5.69 Å². The van der Waals surface area contributed by atoms with Gasteiger partial charge in [0.2, 0.25) is 0 Å². The van der Waals surface area contributed by atoms with Gasteiger partial charge in [-0.15, -0.1) is 0 Å². The van der Waals surface area contributed by atoms with Gasteiger partial charge in [0.1, 0.15) is 0 Å². The van der Waals surface area contributed by atoms with Crippen molar-refractivity contribution in [1.82, 2.24) is 0 Å². The summed E-state index contributed by atoms with van der Waals surface area (Å²) >= 11 is 0. The zero-order chi connectivity index (χ0) is 12.9. The molecule has 0 spiro atoms. The third kappa shape index (κ3) is 4.89. The molecule has 0 atom stereocenters. The topological polar surface area (TPSA) is 49.3 Å². The lowest BCUT2D eigenvalue weighted by Crippen LogP contribution is -2.11. The van der Waals surface area contributed by atoms with Crippen LogP contribution in [0, 0.1) is 0 Å². The molecule has 1 aromatic rings. The van der Waals surface area contributed by atoms with Crippen molar-refractivity contribution in [1.29, 1.82) is 0 Å². The third-order valence-electron chi connectivity index (χ3n) is 2.65. The summed E-state index contributed by atoms with van der Waals surface area (Å²) < 4.78 is 0. The summed E-state index contributed by atoms with van der Waals surface area (Å²) in [6.07, 6.45) is 0.865. The van der Waals surface area contributed by atoms with E-state index in [1.807, 2.05) is 12.1 Å². The van der Waals surface area contributed by atoms with E-state index in [-0.39, 0.29) is 11.8 Å². The SMILES string of the molecule is CC(C)(C)c1ccc(NCCCC(=O)O)cc1. The van der Waals surface area contributed by atoms with Crippen molar-refractivity contribution >= 4 is 11.7 Å². The Bertz CT molecular complexity index is 363.